The molecule has 0 aliphatic carbocycles. The standard InChI is InChI=1S/C13H13BrS/c1-4-5-13(11(3)14)15-12-8-6-10(2)7-9-12/h4-9H,1,3H2,2H3/b13-5+. The number of thioether (sulfide) groups is 1. The lowest BCUT2D eigenvalue weighted by Crippen LogP contribution is -1.77. The molecule has 1 rings (SSSR count). The van der Waals surface area contributed by atoms with E-state index >= 15 is 0 Å². The van der Waals surface area contributed by atoms with Gasteiger partial charge in [-0.1, -0.05) is 64.6 Å². The Bertz CT molecular complexity index is 388. The first-order valence-electron chi connectivity index (χ1n) is 4.55. The van der Waals surface area contributed by atoms with Crippen molar-refractivity contribution in [2.75, 3.05) is 0 Å². The second-order valence-corrected chi connectivity index (χ2v) is 5.16. The van der Waals surface area contributed by atoms with Gasteiger partial charge < -0.3 is 0 Å². The second-order valence-electron chi connectivity index (χ2n) is 3.09. The van der Waals surface area contributed by atoms with Crippen molar-refractivity contribution in [3.63, 3.8) is 0 Å². The van der Waals surface area contributed by atoms with Gasteiger partial charge in [0.25, 0.3) is 0 Å². The number of aryl methyl sites for hydroxylation is 1. The summed E-state index contributed by atoms with van der Waals surface area (Å²) >= 11 is 5.06. The number of rotatable bonds is 4. The maximum Gasteiger partial charge on any atom is 0.0258 e. The maximum atomic E-state index is 3.87. The quantitative estimate of drug-likeness (QED) is 0.548. The summed E-state index contributed by atoms with van der Waals surface area (Å²) in [6.45, 7) is 9.64. The van der Waals surface area contributed by atoms with Gasteiger partial charge in [-0.05, 0) is 25.1 Å². The van der Waals surface area contributed by atoms with Crippen LogP contribution in [-0.4, -0.2) is 0 Å². The van der Waals surface area contributed by atoms with E-state index in [4.69, 9.17) is 0 Å². The predicted molar refractivity (Wildman–Crippen MR) is 73.4 cm³/mol. The van der Waals surface area contributed by atoms with Crippen molar-refractivity contribution in [3.8, 4) is 0 Å². The largest absolute Gasteiger partial charge is 0.0990 e. The fourth-order valence-electron chi connectivity index (χ4n) is 1.02. The molecule has 0 fully saturated rings. The topological polar surface area (TPSA) is 0 Å². The van der Waals surface area contributed by atoms with Crippen LogP contribution in [0, 0.1) is 6.92 Å². The van der Waals surface area contributed by atoms with Gasteiger partial charge in [0, 0.05) is 14.3 Å². The van der Waals surface area contributed by atoms with Crippen molar-refractivity contribution in [3.05, 3.63) is 64.5 Å². The normalized spacial score (nSPS) is 11.2. The highest BCUT2D eigenvalue weighted by atomic mass is 79.9. The maximum absolute atomic E-state index is 3.87. The third kappa shape index (κ3) is 4.10. The van der Waals surface area contributed by atoms with E-state index in [9.17, 15) is 0 Å². The fraction of sp³-hybridized carbons (Fsp3) is 0.0769. The van der Waals surface area contributed by atoms with E-state index in [-0.39, 0.29) is 0 Å². The van der Waals surface area contributed by atoms with Crippen molar-refractivity contribution >= 4 is 27.7 Å². The van der Waals surface area contributed by atoms with Crippen molar-refractivity contribution < 1.29 is 0 Å². The molecule has 0 heterocycles. The van der Waals surface area contributed by atoms with E-state index < -0.39 is 0 Å². The van der Waals surface area contributed by atoms with E-state index in [1.165, 1.54) is 10.5 Å². The monoisotopic (exact) mass is 280 g/mol. The van der Waals surface area contributed by atoms with E-state index in [2.05, 4.69) is 60.3 Å². The first kappa shape index (κ1) is 12.3. The molecule has 0 amide bonds. The highest BCUT2D eigenvalue weighted by Gasteiger charge is 2.01. The third-order valence-electron chi connectivity index (χ3n) is 1.79. The number of allylic oxidation sites excluding steroid dienone is 3. The Morgan fingerprint density at radius 2 is 1.93 bits per heavy atom. The van der Waals surface area contributed by atoms with Crippen molar-refractivity contribution in [1.82, 2.24) is 0 Å². The Balaban J connectivity index is 2.83. The summed E-state index contributed by atoms with van der Waals surface area (Å²) in [6, 6.07) is 8.41. The molecule has 15 heavy (non-hydrogen) atoms. The van der Waals surface area contributed by atoms with Crippen LogP contribution in [0.4, 0.5) is 0 Å². The average Bonchev–Trinajstić information content (AvgIpc) is 2.20. The lowest BCUT2D eigenvalue weighted by atomic mass is 10.2. The van der Waals surface area contributed by atoms with E-state index in [0.29, 0.717) is 0 Å². The van der Waals surface area contributed by atoms with Crippen LogP contribution in [0.15, 0.2) is 63.9 Å². The zero-order valence-electron chi connectivity index (χ0n) is 8.66. The fourth-order valence-corrected chi connectivity index (χ4v) is 2.20. The number of halogens is 1. The van der Waals surface area contributed by atoms with Crippen molar-refractivity contribution in [1.29, 1.82) is 0 Å². The molecule has 1 aromatic rings. The molecule has 1 aromatic carbocycles. The van der Waals surface area contributed by atoms with Crippen molar-refractivity contribution in [2.45, 2.75) is 11.8 Å². The Morgan fingerprint density at radius 1 is 1.33 bits per heavy atom. The molecule has 0 bridgehead atoms. The summed E-state index contributed by atoms with van der Waals surface area (Å²) < 4.78 is 0.882. The van der Waals surface area contributed by atoms with Crippen LogP contribution in [0.25, 0.3) is 0 Å². The van der Waals surface area contributed by atoms with Crippen LogP contribution < -0.4 is 0 Å². The zero-order chi connectivity index (χ0) is 11.3. The van der Waals surface area contributed by atoms with E-state index in [0.717, 1.165) is 9.39 Å². The molecule has 0 aromatic heterocycles. The van der Waals surface area contributed by atoms with Crippen LogP contribution in [0.2, 0.25) is 0 Å². The zero-order valence-corrected chi connectivity index (χ0v) is 11.1. The van der Waals surface area contributed by atoms with E-state index in [1.54, 1.807) is 17.8 Å². The summed E-state index contributed by atoms with van der Waals surface area (Å²) in [5, 5.41) is 0. The van der Waals surface area contributed by atoms with Crippen LogP contribution in [0.3, 0.4) is 0 Å². The summed E-state index contributed by atoms with van der Waals surface area (Å²) in [6.07, 6.45) is 3.71. The van der Waals surface area contributed by atoms with Gasteiger partial charge in [0.05, 0.1) is 0 Å². The van der Waals surface area contributed by atoms with Crippen molar-refractivity contribution in [2.24, 2.45) is 0 Å². The molecule has 0 aliphatic rings. The minimum atomic E-state index is 0.882. The van der Waals surface area contributed by atoms with Gasteiger partial charge >= 0.3 is 0 Å². The summed E-state index contributed by atoms with van der Waals surface area (Å²) in [5.74, 6) is 0. The molecule has 0 N–H and O–H groups in total. The minimum Gasteiger partial charge on any atom is -0.0990 e. The number of hydrogen-bond acceptors (Lipinski definition) is 1. The highest BCUT2D eigenvalue weighted by molar-refractivity contribution is 9.12. The number of hydrogen-bond donors (Lipinski definition) is 0. The summed E-state index contributed by atoms with van der Waals surface area (Å²) in [5.41, 5.74) is 1.27. The average molecular weight is 281 g/mol. The third-order valence-corrected chi connectivity index (χ3v) is 3.59. The second kappa shape index (κ2) is 5.99. The molecule has 0 spiro atoms. The van der Waals surface area contributed by atoms with Crippen LogP contribution in [0.1, 0.15) is 5.56 Å². The van der Waals surface area contributed by atoms with Gasteiger partial charge in [0.15, 0.2) is 0 Å². The predicted octanol–water partition coefficient (Wildman–Crippen LogP) is 5.07. The first-order valence-corrected chi connectivity index (χ1v) is 6.16. The number of benzene rings is 1. The smallest absolute Gasteiger partial charge is 0.0258 e. The molecule has 0 unspecified atom stereocenters. The van der Waals surface area contributed by atoms with Gasteiger partial charge in [-0.2, -0.15) is 0 Å². The molecule has 0 radical (unpaired) electrons. The lowest BCUT2D eigenvalue weighted by Gasteiger charge is -2.04. The van der Waals surface area contributed by atoms with Crippen LogP contribution in [-0.2, 0) is 0 Å². The van der Waals surface area contributed by atoms with E-state index in [1.807, 2.05) is 6.08 Å². The van der Waals surface area contributed by atoms with Gasteiger partial charge in [-0.25, -0.2) is 0 Å². The van der Waals surface area contributed by atoms with Gasteiger partial charge in [-0.3, -0.25) is 0 Å². The Morgan fingerprint density at radius 3 is 2.40 bits per heavy atom. The molecule has 0 saturated heterocycles. The highest BCUT2D eigenvalue weighted by Crippen LogP contribution is 2.33. The van der Waals surface area contributed by atoms with Crippen LogP contribution >= 0.6 is 27.7 Å². The molecule has 0 nitrogen and oxygen atoms in total. The molecule has 0 aliphatic heterocycles. The molecule has 78 valence electrons. The van der Waals surface area contributed by atoms with Gasteiger partial charge in [0.1, 0.15) is 0 Å². The Kier molecular flexibility index (Phi) is 4.92. The summed E-state index contributed by atoms with van der Waals surface area (Å²) in [7, 11) is 0. The molecule has 0 atom stereocenters. The molecule has 2 heteroatoms. The van der Waals surface area contributed by atoms with Gasteiger partial charge in [-0.15, -0.1) is 0 Å². The first-order chi connectivity index (χ1) is 7.13. The Hall–Kier alpha value is -0.730. The summed E-state index contributed by atoms with van der Waals surface area (Å²) in [4.78, 5) is 2.28. The minimum absolute atomic E-state index is 0.882. The molecular formula is C13H13BrS. The molecule has 0 saturated carbocycles. The van der Waals surface area contributed by atoms with Crippen LogP contribution in [0.5, 0.6) is 0 Å². The molecular weight excluding hydrogens is 268 g/mol. The Labute approximate surface area is 104 Å². The lowest BCUT2D eigenvalue weighted by molar-refractivity contribution is 1.38. The van der Waals surface area contributed by atoms with Gasteiger partial charge in [0.2, 0.25) is 0 Å². The SMILES string of the molecule is C=C/C=C(/Sc1ccc(C)cc1)C(=C)Br.